The van der Waals surface area contributed by atoms with Crippen LogP contribution in [0.25, 0.3) is 0 Å². The van der Waals surface area contributed by atoms with E-state index in [9.17, 15) is 0 Å². The van der Waals surface area contributed by atoms with E-state index in [0.717, 1.165) is 40.5 Å². The minimum atomic E-state index is 0.715. The standard InChI is InChI=1S/C25H22N2O2/c26-20-7-11-22(12-8-20)28-24-5-1-3-18(16-24)15-19-4-2-6-25(17-19)29-23-13-9-21(27)10-14-23/h1-14,16-17H,15,26-27H2. The smallest absolute Gasteiger partial charge is 0.127 e. The summed E-state index contributed by atoms with van der Waals surface area (Å²) >= 11 is 0. The first-order chi connectivity index (χ1) is 14.1. The Kier molecular flexibility index (Phi) is 5.34. The lowest BCUT2D eigenvalue weighted by Crippen LogP contribution is -1.92. The number of anilines is 2. The van der Waals surface area contributed by atoms with E-state index in [1.54, 1.807) is 0 Å². The van der Waals surface area contributed by atoms with Gasteiger partial charge in [0.2, 0.25) is 0 Å². The molecule has 0 aliphatic rings. The lowest BCUT2D eigenvalue weighted by atomic mass is 10.0. The monoisotopic (exact) mass is 382 g/mol. The lowest BCUT2D eigenvalue weighted by Gasteiger charge is -2.10. The van der Waals surface area contributed by atoms with Gasteiger partial charge in [-0.2, -0.15) is 0 Å². The Labute approximate surface area is 170 Å². The Morgan fingerprint density at radius 3 is 1.31 bits per heavy atom. The molecule has 0 radical (unpaired) electrons. The van der Waals surface area contributed by atoms with Crippen molar-refractivity contribution in [2.24, 2.45) is 0 Å². The maximum absolute atomic E-state index is 5.93. The van der Waals surface area contributed by atoms with Crippen molar-refractivity contribution in [3.8, 4) is 23.0 Å². The molecule has 0 amide bonds. The van der Waals surface area contributed by atoms with Gasteiger partial charge in [-0.25, -0.2) is 0 Å². The van der Waals surface area contributed by atoms with Gasteiger partial charge in [0.1, 0.15) is 23.0 Å². The molecule has 4 heteroatoms. The summed E-state index contributed by atoms with van der Waals surface area (Å²) in [6.07, 6.45) is 0.776. The Hall–Kier alpha value is -3.92. The van der Waals surface area contributed by atoms with Crippen LogP contribution in [0.4, 0.5) is 11.4 Å². The van der Waals surface area contributed by atoms with Gasteiger partial charge in [-0.05, 0) is 90.3 Å². The van der Waals surface area contributed by atoms with Crippen LogP contribution in [-0.2, 0) is 6.42 Å². The predicted octanol–water partition coefficient (Wildman–Crippen LogP) is 6.03. The molecule has 0 aliphatic heterocycles. The topological polar surface area (TPSA) is 70.5 Å². The van der Waals surface area contributed by atoms with Crippen LogP contribution in [0.3, 0.4) is 0 Å². The fraction of sp³-hybridized carbons (Fsp3) is 0.0400. The van der Waals surface area contributed by atoms with Gasteiger partial charge in [0.15, 0.2) is 0 Å². The van der Waals surface area contributed by atoms with Crippen LogP contribution < -0.4 is 20.9 Å². The average molecular weight is 382 g/mol. The molecule has 29 heavy (non-hydrogen) atoms. The Balaban J connectivity index is 1.46. The first-order valence-electron chi connectivity index (χ1n) is 9.39. The van der Waals surface area contributed by atoms with Gasteiger partial charge in [0.05, 0.1) is 0 Å². The summed E-state index contributed by atoms with van der Waals surface area (Å²) in [7, 11) is 0. The summed E-state index contributed by atoms with van der Waals surface area (Å²) in [6, 6.07) is 30.9. The van der Waals surface area contributed by atoms with Gasteiger partial charge in [-0.15, -0.1) is 0 Å². The maximum Gasteiger partial charge on any atom is 0.127 e. The van der Waals surface area contributed by atoms with Crippen molar-refractivity contribution in [2.45, 2.75) is 6.42 Å². The molecule has 0 saturated heterocycles. The zero-order valence-corrected chi connectivity index (χ0v) is 15.9. The second kappa shape index (κ2) is 8.40. The molecule has 0 aromatic heterocycles. The van der Waals surface area contributed by atoms with Gasteiger partial charge in [0, 0.05) is 11.4 Å². The summed E-state index contributed by atoms with van der Waals surface area (Å²) in [6.45, 7) is 0. The van der Waals surface area contributed by atoms with Crippen LogP contribution in [0, 0.1) is 0 Å². The summed E-state index contributed by atoms with van der Waals surface area (Å²) in [4.78, 5) is 0. The fourth-order valence-electron chi connectivity index (χ4n) is 3.02. The Bertz CT molecular complexity index is 1000. The number of benzene rings is 4. The molecule has 0 atom stereocenters. The summed E-state index contributed by atoms with van der Waals surface area (Å²) in [5.41, 5.74) is 15.2. The third kappa shape index (κ3) is 5.08. The quantitative estimate of drug-likeness (QED) is 0.400. The normalized spacial score (nSPS) is 10.5. The number of nitrogens with two attached hydrogens (primary N) is 2. The van der Waals surface area contributed by atoms with Crippen molar-refractivity contribution in [1.29, 1.82) is 0 Å². The molecule has 4 rings (SSSR count). The Morgan fingerprint density at radius 1 is 0.483 bits per heavy atom. The molecule has 4 N–H and O–H groups in total. The molecule has 0 unspecified atom stereocenters. The Morgan fingerprint density at radius 2 is 0.897 bits per heavy atom. The van der Waals surface area contributed by atoms with Crippen LogP contribution >= 0.6 is 0 Å². The minimum Gasteiger partial charge on any atom is -0.457 e. The second-order valence-electron chi connectivity index (χ2n) is 6.81. The van der Waals surface area contributed by atoms with E-state index in [4.69, 9.17) is 20.9 Å². The van der Waals surface area contributed by atoms with E-state index < -0.39 is 0 Å². The van der Waals surface area contributed by atoms with Gasteiger partial charge in [-0.1, -0.05) is 24.3 Å². The molecule has 0 fully saturated rings. The predicted molar refractivity (Wildman–Crippen MR) is 118 cm³/mol. The highest BCUT2D eigenvalue weighted by Gasteiger charge is 2.04. The van der Waals surface area contributed by atoms with Gasteiger partial charge in [-0.3, -0.25) is 0 Å². The molecule has 0 bridgehead atoms. The van der Waals surface area contributed by atoms with Crippen LogP contribution in [0.2, 0.25) is 0 Å². The highest BCUT2D eigenvalue weighted by atomic mass is 16.5. The number of nitrogen functional groups attached to an aromatic ring is 2. The van der Waals surface area contributed by atoms with Gasteiger partial charge < -0.3 is 20.9 Å². The third-order valence-electron chi connectivity index (χ3n) is 4.44. The molecule has 0 heterocycles. The van der Waals surface area contributed by atoms with Crippen molar-refractivity contribution in [3.63, 3.8) is 0 Å². The van der Waals surface area contributed by atoms with E-state index in [0.29, 0.717) is 11.4 Å². The molecule has 4 aromatic carbocycles. The number of rotatable bonds is 6. The molecule has 0 spiro atoms. The van der Waals surface area contributed by atoms with Crippen LogP contribution in [0.1, 0.15) is 11.1 Å². The summed E-state index contributed by atoms with van der Waals surface area (Å²) < 4.78 is 11.9. The third-order valence-corrected chi connectivity index (χ3v) is 4.44. The zero-order chi connectivity index (χ0) is 20.1. The van der Waals surface area contributed by atoms with Crippen molar-refractivity contribution in [2.75, 3.05) is 11.5 Å². The molecular formula is C25H22N2O2. The molecule has 4 nitrogen and oxygen atoms in total. The van der Waals surface area contributed by atoms with Crippen molar-refractivity contribution in [3.05, 3.63) is 108 Å². The minimum absolute atomic E-state index is 0.715. The second-order valence-corrected chi connectivity index (χ2v) is 6.81. The van der Waals surface area contributed by atoms with E-state index in [1.165, 1.54) is 0 Å². The number of hydrogen-bond donors (Lipinski definition) is 2. The highest BCUT2D eigenvalue weighted by Crippen LogP contribution is 2.26. The van der Waals surface area contributed by atoms with Crippen molar-refractivity contribution in [1.82, 2.24) is 0 Å². The van der Waals surface area contributed by atoms with Crippen LogP contribution in [-0.4, -0.2) is 0 Å². The van der Waals surface area contributed by atoms with Crippen LogP contribution in [0.15, 0.2) is 97.1 Å². The first kappa shape index (κ1) is 18.4. The zero-order valence-electron chi connectivity index (χ0n) is 15.9. The van der Waals surface area contributed by atoms with Crippen molar-refractivity contribution < 1.29 is 9.47 Å². The van der Waals surface area contributed by atoms with Crippen molar-refractivity contribution >= 4 is 11.4 Å². The van der Waals surface area contributed by atoms with Gasteiger partial charge in [0.25, 0.3) is 0 Å². The largest absolute Gasteiger partial charge is 0.457 e. The van der Waals surface area contributed by atoms with E-state index in [2.05, 4.69) is 12.1 Å². The molecule has 0 saturated carbocycles. The SMILES string of the molecule is Nc1ccc(Oc2cccc(Cc3cccc(Oc4ccc(N)cc4)c3)c2)cc1. The lowest BCUT2D eigenvalue weighted by molar-refractivity contribution is 0.482. The van der Waals surface area contributed by atoms with E-state index in [-0.39, 0.29) is 0 Å². The van der Waals surface area contributed by atoms with Crippen LogP contribution in [0.5, 0.6) is 23.0 Å². The summed E-state index contributed by atoms with van der Waals surface area (Å²) in [5, 5.41) is 0. The average Bonchev–Trinajstić information content (AvgIpc) is 2.72. The molecule has 4 aromatic rings. The molecular weight excluding hydrogens is 360 g/mol. The summed E-state index contributed by atoms with van der Waals surface area (Å²) in [5.74, 6) is 3.11. The highest BCUT2D eigenvalue weighted by molar-refractivity contribution is 5.45. The number of hydrogen-bond acceptors (Lipinski definition) is 4. The maximum atomic E-state index is 5.93. The van der Waals surface area contributed by atoms with Gasteiger partial charge >= 0.3 is 0 Å². The molecule has 0 aliphatic carbocycles. The molecule has 144 valence electrons. The fourth-order valence-corrected chi connectivity index (χ4v) is 3.02. The van der Waals surface area contributed by atoms with E-state index in [1.807, 2.05) is 84.9 Å². The van der Waals surface area contributed by atoms with E-state index >= 15 is 0 Å². The number of ether oxygens (including phenoxy) is 2. The first-order valence-corrected chi connectivity index (χ1v) is 9.39.